The van der Waals surface area contributed by atoms with Gasteiger partial charge in [0.2, 0.25) is 0 Å². The second-order valence-electron chi connectivity index (χ2n) is 4.43. The van der Waals surface area contributed by atoms with Crippen molar-refractivity contribution in [2.24, 2.45) is 0 Å². The predicted molar refractivity (Wildman–Crippen MR) is 71.5 cm³/mol. The number of alkyl halides is 1. The third-order valence-electron chi connectivity index (χ3n) is 3.13. The fourth-order valence-electron chi connectivity index (χ4n) is 2.02. The molecule has 2 unspecified atom stereocenters. The average molecular weight is 353 g/mol. The van der Waals surface area contributed by atoms with Crippen LogP contribution in [0.2, 0.25) is 0 Å². The molecule has 1 N–H and O–H groups in total. The number of benzene rings is 1. The predicted octanol–water partition coefficient (Wildman–Crippen LogP) is 1.71. The fraction of sp³-hybridized carbons (Fsp3) is 0.500. The minimum Gasteiger partial charge on any atom is -0.394 e. The lowest BCUT2D eigenvalue weighted by atomic mass is 10.1. The van der Waals surface area contributed by atoms with E-state index in [9.17, 15) is 12.8 Å². The maximum atomic E-state index is 14.0. The molecule has 0 amide bonds. The molecule has 7 heteroatoms. The van der Waals surface area contributed by atoms with Crippen LogP contribution in [0.4, 0.5) is 4.39 Å². The number of sulfone groups is 1. The molecule has 2 rings (SSSR count). The van der Waals surface area contributed by atoms with E-state index < -0.39 is 27.4 Å². The zero-order valence-electron chi connectivity index (χ0n) is 10.00. The maximum absolute atomic E-state index is 14.0. The minimum absolute atomic E-state index is 0.0781. The first-order chi connectivity index (χ1) is 8.95. The maximum Gasteiger partial charge on any atom is 0.186 e. The molecule has 106 valence electrons. The SMILES string of the molecule is O=S(=O)(c1ccc(Br)cc1)C1COC(CO)C[C@H]1F. The lowest BCUT2D eigenvalue weighted by Gasteiger charge is -2.30. The standard InChI is InChI=1S/C12H14BrFO4S/c13-8-1-3-10(4-2-8)19(16,17)12-7-18-9(6-15)5-11(12)14/h1-4,9,11-12,15H,5-7H2/t9?,11-,12?/m1/s1. The van der Waals surface area contributed by atoms with Crippen LogP contribution in [0.25, 0.3) is 0 Å². The van der Waals surface area contributed by atoms with Gasteiger partial charge in [-0.3, -0.25) is 0 Å². The zero-order chi connectivity index (χ0) is 14.0. The summed E-state index contributed by atoms with van der Waals surface area (Å²) in [5, 5.41) is 7.69. The molecule has 1 aromatic carbocycles. The van der Waals surface area contributed by atoms with Crippen LogP contribution in [0.5, 0.6) is 0 Å². The van der Waals surface area contributed by atoms with E-state index in [2.05, 4.69) is 15.9 Å². The Labute approximate surface area is 119 Å². The Morgan fingerprint density at radius 2 is 2.00 bits per heavy atom. The van der Waals surface area contributed by atoms with Gasteiger partial charge in [-0.2, -0.15) is 0 Å². The summed E-state index contributed by atoms with van der Waals surface area (Å²) in [6.45, 7) is -0.531. The normalized spacial score (nSPS) is 28.3. The molecular weight excluding hydrogens is 339 g/mol. The minimum atomic E-state index is -3.76. The molecule has 0 aromatic heterocycles. The van der Waals surface area contributed by atoms with E-state index in [1.54, 1.807) is 12.1 Å². The third kappa shape index (κ3) is 3.16. The lowest BCUT2D eigenvalue weighted by Crippen LogP contribution is -2.44. The number of halogens is 2. The molecule has 1 saturated heterocycles. The van der Waals surface area contributed by atoms with Crippen molar-refractivity contribution < 1.29 is 22.7 Å². The average Bonchev–Trinajstić information content (AvgIpc) is 2.38. The number of aliphatic hydroxyl groups is 1. The number of hydrogen-bond acceptors (Lipinski definition) is 4. The van der Waals surface area contributed by atoms with E-state index in [0.29, 0.717) is 0 Å². The smallest absolute Gasteiger partial charge is 0.186 e. The van der Waals surface area contributed by atoms with Crippen molar-refractivity contribution in [3.63, 3.8) is 0 Å². The highest BCUT2D eigenvalue weighted by molar-refractivity contribution is 9.10. The van der Waals surface area contributed by atoms with E-state index in [1.807, 2.05) is 0 Å². The second kappa shape index (κ2) is 5.87. The van der Waals surface area contributed by atoms with Crippen molar-refractivity contribution in [1.29, 1.82) is 0 Å². The van der Waals surface area contributed by atoms with Gasteiger partial charge in [0.05, 0.1) is 24.2 Å². The van der Waals surface area contributed by atoms with Gasteiger partial charge in [0, 0.05) is 10.9 Å². The van der Waals surface area contributed by atoms with Crippen molar-refractivity contribution in [3.8, 4) is 0 Å². The van der Waals surface area contributed by atoms with Gasteiger partial charge in [-0.1, -0.05) is 15.9 Å². The lowest BCUT2D eigenvalue weighted by molar-refractivity contribution is -0.0417. The Kier molecular flexibility index (Phi) is 4.60. The van der Waals surface area contributed by atoms with Gasteiger partial charge in [0.15, 0.2) is 9.84 Å². The van der Waals surface area contributed by atoms with Gasteiger partial charge in [-0.05, 0) is 24.3 Å². The molecule has 1 heterocycles. The van der Waals surface area contributed by atoms with E-state index in [-0.39, 0.29) is 24.5 Å². The third-order valence-corrected chi connectivity index (χ3v) is 5.82. The molecule has 1 aromatic rings. The molecule has 1 fully saturated rings. The Hall–Kier alpha value is -0.500. The Morgan fingerprint density at radius 3 is 2.53 bits per heavy atom. The fourth-order valence-corrected chi connectivity index (χ4v) is 3.90. The molecule has 0 bridgehead atoms. The van der Waals surface area contributed by atoms with Crippen LogP contribution in [-0.4, -0.2) is 44.3 Å². The zero-order valence-corrected chi connectivity index (χ0v) is 12.4. The van der Waals surface area contributed by atoms with Crippen LogP contribution in [0.15, 0.2) is 33.6 Å². The Bertz CT molecular complexity index is 531. The number of aliphatic hydroxyl groups excluding tert-OH is 1. The van der Waals surface area contributed by atoms with Crippen molar-refractivity contribution >= 4 is 25.8 Å². The van der Waals surface area contributed by atoms with Crippen LogP contribution in [0, 0.1) is 0 Å². The molecule has 0 aliphatic carbocycles. The molecule has 1 aliphatic heterocycles. The molecule has 4 nitrogen and oxygen atoms in total. The summed E-state index contributed by atoms with van der Waals surface area (Å²) >= 11 is 3.22. The highest BCUT2D eigenvalue weighted by Crippen LogP contribution is 2.28. The van der Waals surface area contributed by atoms with Gasteiger partial charge in [0.1, 0.15) is 11.4 Å². The van der Waals surface area contributed by atoms with Gasteiger partial charge in [-0.25, -0.2) is 12.8 Å². The van der Waals surface area contributed by atoms with E-state index >= 15 is 0 Å². The summed E-state index contributed by atoms with van der Waals surface area (Å²) in [5.41, 5.74) is 0. The molecule has 19 heavy (non-hydrogen) atoms. The quantitative estimate of drug-likeness (QED) is 0.899. The second-order valence-corrected chi connectivity index (χ2v) is 7.51. The first-order valence-corrected chi connectivity index (χ1v) is 8.15. The summed E-state index contributed by atoms with van der Waals surface area (Å²) < 4.78 is 44.5. The van der Waals surface area contributed by atoms with Crippen molar-refractivity contribution in [2.45, 2.75) is 28.8 Å². The van der Waals surface area contributed by atoms with Crippen molar-refractivity contribution in [1.82, 2.24) is 0 Å². The van der Waals surface area contributed by atoms with E-state index in [0.717, 1.165) is 4.47 Å². The first kappa shape index (κ1) is 14.9. The van der Waals surface area contributed by atoms with Crippen LogP contribution >= 0.6 is 15.9 Å². The van der Waals surface area contributed by atoms with Crippen LogP contribution in [0.3, 0.4) is 0 Å². The van der Waals surface area contributed by atoms with Crippen LogP contribution in [-0.2, 0) is 14.6 Å². The number of ether oxygens (including phenoxy) is 1. The van der Waals surface area contributed by atoms with E-state index in [4.69, 9.17) is 9.84 Å². The number of hydrogen-bond donors (Lipinski definition) is 1. The summed E-state index contributed by atoms with van der Waals surface area (Å²) in [6.07, 6.45) is -2.25. The molecule has 0 radical (unpaired) electrons. The monoisotopic (exact) mass is 352 g/mol. The Balaban J connectivity index is 2.23. The molecular formula is C12H14BrFO4S. The van der Waals surface area contributed by atoms with Gasteiger partial charge in [0.25, 0.3) is 0 Å². The van der Waals surface area contributed by atoms with E-state index in [1.165, 1.54) is 12.1 Å². The van der Waals surface area contributed by atoms with Crippen LogP contribution < -0.4 is 0 Å². The van der Waals surface area contributed by atoms with Gasteiger partial charge in [-0.15, -0.1) is 0 Å². The van der Waals surface area contributed by atoms with Gasteiger partial charge < -0.3 is 9.84 Å². The first-order valence-electron chi connectivity index (χ1n) is 5.81. The highest BCUT2D eigenvalue weighted by atomic mass is 79.9. The van der Waals surface area contributed by atoms with Crippen molar-refractivity contribution in [3.05, 3.63) is 28.7 Å². The molecule has 0 saturated carbocycles. The largest absolute Gasteiger partial charge is 0.394 e. The summed E-state index contributed by atoms with van der Waals surface area (Å²) in [5.74, 6) is 0. The molecule has 1 aliphatic rings. The summed E-state index contributed by atoms with van der Waals surface area (Å²) in [6, 6.07) is 6.06. The number of rotatable bonds is 3. The Morgan fingerprint density at radius 1 is 1.37 bits per heavy atom. The highest BCUT2D eigenvalue weighted by Gasteiger charge is 2.40. The van der Waals surface area contributed by atoms with Gasteiger partial charge >= 0.3 is 0 Å². The molecule has 0 spiro atoms. The molecule has 3 atom stereocenters. The van der Waals surface area contributed by atoms with Crippen molar-refractivity contribution in [2.75, 3.05) is 13.2 Å². The topological polar surface area (TPSA) is 63.6 Å². The summed E-state index contributed by atoms with van der Waals surface area (Å²) in [7, 11) is -3.76. The summed E-state index contributed by atoms with van der Waals surface area (Å²) in [4.78, 5) is 0.0781. The van der Waals surface area contributed by atoms with Crippen LogP contribution in [0.1, 0.15) is 6.42 Å².